The number of ether oxygens (including phenoxy) is 3. The van der Waals surface area contributed by atoms with E-state index in [9.17, 15) is 14.4 Å². The van der Waals surface area contributed by atoms with Crippen molar-refractivity contribution in [2.45, 2.75) is 47.1 Å². The van der Waals surface area contributed by atoms with E-state index < -0.39 is 23.8 Å². The maximum atomic E-state index is 12.8. The normalized spacial score (nSPS) is 11.7. The Bertz CT molecular complexity index is 928. The van der Waals surface area contributed by atoms with Gasteiger partial charge in [-0.15, -0.1) is 0 Å². The number of rotatable bonds is 8. The molecule has 7 heteroatoms. The van der Waals surface area contributed by atoms with E-state index in [2.05, 4.69) is 4.98 Å². The van der Waals surface area contributed by atoms with Gasteiger partial charge in [0, 0.05) is 11.3 Å². The van der Waals surface area contributed by atoms with Crippen LogP contribution in [0.5, 0.6) is 5.75 Å². The number of methoxy groups -OCH3 is 1. The van der Waals surface area contributed by atoms with E-state index in [0.29, 0.717) is 28.1 Å². The zero-order chi connectivity index (χ0) is 21.7. The standard InChI is InChI=1S/C22H27NO6/c1-7-28-22(26)19-13(3)20(23-14(19)4)21(25)15(5)29-18(24)11-16-10-12(2)8-9-17(16)27-6/h8-10,15,23H,7,11H2,1-6H3/t15-/m1/s1. The molecule has 0 bridgehead atoms. The fourth-order valence-electron chi connectivity index (χ4n) is 3.20. The fraction of sp³-hybridized carbons (Fsp3) is 0.409. The highest BCUT2D eigenvalue weighted by atomic mass is 16.5. The maximum absolute atomic E-state index is 12.8. The van der Waals surface area contributed by atoms with Crippen LogP contribution in [0.25, 0.3) is 0 Å². The largest absolute Gasteiger partial charge is 0.496 e. The maximum Gasteiger partial charge on any atom is 0.340 e. The first-order chi connectivity index (χ1) is 13.7. The van der Waals surface area contributed by atoms with Crippen molar-refractivity contribution in [2.24, 2.45) is 0 Å². The summed E-state index contributed by atoms with van der Waals surface area (Å²) in [5.74, 6) is -0.859. The Hall–Kier alpha value is -3.09. The number of Topliss-reactive ketones (excluding diaryl/α,β-unsaturated/α-hetero) is 1. The minimum absolute atomic E-state index is 0.0146. The molecule has 1 heterocycles. The number of benzene rings is 1. The Morgan fingerprint density at radius 1 is 1.14 bits per heavy atom. The summed E-state index contributed by atoms with van der Waals surface area (Å²) in [7, 11) is 1.53. The van der Waals surface area contributed by atoms with Crippen LogP contribution in [0.4, 0.5) is 0 Å². The van der Waals surface area contributed by atoms with E-state index in [-0.39, 0.29) is 18.7 Å². The van der Waals surface area contributed by atoms with Crippen LogP contribution in [0.1, 0.15) is 57.1 Å². The SMILES string of the molecule is CCOC(=O)c1c(C)[nH]c(C(=O)[C@@H](C)OC(=O)Cc2cc(C)ccc2OC)c1C. The average Bonchev–Trinajstić information content (AvgIpc) is 2.95. The van der Waals surface area contributed by atoms with Crippen LogP contribution in [-0.4, -0.2) is 42.5 Å². The Balaban J connectivity index is 2.13. The molecule has 1 atom stereocenters. The number of hydrogen-bond donors (Lipinski definition) is 1. The van der Waals surface area contributed by atoms with Crippen LogP contribution in [0, 0.1) is 20.8 Å². The Labute approximate surface area is 170 Å². The summed E-state index contributed by atoms with van der Waals surface area (Å²) >= 11 is 0. The topological polar surface area (TPSA) is 94.7 Å². The van der Waals surface area contributed by atoms with Gasteiger partial charge in [0.25, 0.3) is 0 Å². The minimum Gasteiger partial charge on any atom is -0.496 e. The molecule has 0 saturated carbocycles. The van der Waals surface area contributed by atoms with Crippen molar-refractivity contribution in [3.8, 4) is 5.75 Å². The molecule has 1 aromatic carbocycles. The van der Waals surface area contributed by atoms with Gasteiger partial charge in [0.2, 0.25) is 5.78 Å². The number of H-pyrrole nitrogens is 1. The predicted molar refractivity (Wildman–Crippen MR) is 108 cm³/mol. The van der Waals surface area contributed by atoms with Crippen molar-refractivity contribution in [1.82, 2.24) is 4.98 Å². The lowest BCUT2D eigenvalue weighted by Crippen LogP contribution is -2.26. The molecule has 2 rings (SSSR count). The van der Waals surface area contributed by atoms with Crippen LogP contribution < -0.4 is 4.74 Å². The number of aromatic nitrogens is 1. The van der Waals surface area contributed by atoms with Gasteiger partial charge in [0.05, 0.1) is 31.4 Å². The van der Waals surface area contributed by atoms with Crippen LogP contribution >= 0.6 is 0 Å². The zero-order valence-electron chi connectivity index (χ0n) is 17.7. The summed E-state index contributed by atoms with van der Waals surface area (Å²) in [5.41, 5.74) is 3.26. The van der Waals surface area contributed by atoms with E-state index in [1.807, 2.05) is 19.1 Å². The summed E-state index contributed by atoms with van der Waals surface area (Å²) < 4.78 is 15.7. The number of ketones is 1. The van der Waals surface area contributed by atoms with Crippen LogP contribution in [0.3, 0.4) is 0 Å². The summed E-state index contributed by atoms with van der Waals surface area (Å²) in [5, 5.41) is 0. The predicted octanol–water partition coefficient (Wildman–Crippen LogP) is 3.48. The first-order valence-corrected chi connectivity index (χ1v) is 9.43. The molecule has 0 unspecified atom stereocenters. The van der Waals surface area contributed by atoms with Crippen molar-refractivity contribution >= 4 is 17.7 Å². The van der Waals surface area contributed by atoms with E-state index >= 15 is 0 Å². The van der Waals surface area contributed by atoms with Crippen molar-refractivity contribution in [1.29, 1.82) is 0 Å². The van der Waals surface area contributed by atoms with Crippen LogP contribution in [0.15, 0.2) is 18.2 Å². The van der Waals surface area contributed by atoms with Gasteiger partial charge in [-0.25, -0.2) is 4.79 Å². The van der Waals surface area contributed by atoms with Crippen molar-refractivity contribution in [3.63, 3.8) is 0 Å². The zero-order valence-corrected chi connectivity index (χ0v) is 17.7. The molecule has 0 aliphatic heterocycles. The summed E-state index contributed by atoms with van der Waals surface area (Å²) in [4.78, 5) is 40.2. The van der Waals surface area contributed by atoms with Gasteiger partial charge < -0.3 is 19.2 Å². The van der Waals surface area contributed by atoms with Gasteiger partial charge in [-0.1, -0.05) is 17.7 Å². The number of aryl methyl sites for hydroxylation is 2. The second-order valence-electron chi connectivity index (χ2n) is 6.83. The number of hydrogen-bond acceptors (Lipinski definition) is 6. The number of carbonyl (C=O) groups is 3. The summed E-state index contributed by atoms with van der Waals surface area (Å²) in [6, 6.07) is 5.52. The number of aromatic amines is 1. The van der Waals surface area contributed by atoms with Crippen molar-refractivity contribution in [2.75, 3.05) is 13.7 Å². The smallest absolute Gasteiger partial charge is 0.340 e. The Morgan fingerprint density at radius 2 is 1.83 bits per heavy atom. The van der Waals surface area contributed by atoms with Crippen molar-refractivity contribution < 1.29 is 28.6 Å². The number of carbonyl (C=O) groups excluding carboxylic acids is 3. The highest BCUT2D eigenvalue weighted by Gasteiger charge is 2.27. The van der Waals surface area contributed by atoms with Crippen LogP contribution in [-0.2, 0) is 20.7 Å². The molecular formula is C22H27NO6. The highest BCUT2D eigenvalue weighted by molar-refractivity contribution is 6.04. The monoisotopic (exact) mass is 401 g/mol. The first kappa shape index (κ1) is 22.2. The average molecular weight is 401 g/mol. The summed E-state index contributed by atoms with van der Waals surface area (Å²) in [6.07, 6.45) is -1.02. The lowest BCUT2D eigenvalue weighted by molar-refractivity contribution is -0.145. The molecule has 0 aliphatic carbocycles. The fourth-order valence-corrected chi connectivity index (χ4v) is 3.20. The molecule has 2 aromatic rings. The molecule has 0 amide bonds. The highest BCUT2D eigenvalue weighted by Crippen LogP contribution is 2.23. The van der Waals surface area contributed by atoms with Gasteiger partial charge in [-0.3, -0.25) is 9.59 Å². The molecule has 0 radical (unpaired) electrons. The lowest BCUT2D eigenvalue weighted by atomic mass is 10.1. The summed E-state index contributed by atoms with van der Waals surface area (Å²) in [6.45, 7) is 8.73. The molecule has 1 N–H and O–H groups in total. The van der Waals surface area contributed by atoms with Gasteiger partial charge in [-0.05, 0) is 46.2 Å². The van der Waals surface area contributed by atoms with E-state index in [4.69, 9.17) is 14.2 Å². The van der Waals surface area contributed by atoms with E-state index in [0.717, 1.165) is 5.56 Å². The molecule has 0 fully saturated rings. The second kappa shape index (κ2) is 9.41. The quantitative estimate of drug-likeness (QED) is 0.537. The Kier molecular flexibility index (Phi) is 7.20. The van der Waals surface area contributed by atoms with Crippen molar-refractivity contribution in [3.05, 3.63) is 51.8 Å². The van der Waals surface area contributed by atoms with Gasteiger partial charge >= 0.3 is 11.9 Å². The molecule has 156 valence electrons. The number of esters is 2. The third-order valence-electron chi connectivity index (χ3n) is 4.61. The minimum atomic E-state index is -1.01. The molecule has 0 aliphatic rings. The first-order valence-electron chi connectivity index (χ1n) is 9.43. The lowest BCUT2D eigenvalue weighted by Gasteiger charge is -2.14. The number of nitrogens with one attached hydrogen (secondary N) is 1. The van der Waals surface area contributed by atoms with Gasteiger partial charge in [0.1, 0.15) is 5.75 Å². The van der Waals surface area contributed by atoms with Gasteiger partial charge in [0.15, 0.2) is 6.10 Å². The third-order valence-corrected chi connectivity index (χ3v) is 4.61. The molecule has 29 heavy (non-hydrogen) atoms. The van der Waals surface area contributed by atoms with Gasteiger partial charge in [-0.2, -0.15) is 0 Å². The molecular weight excluding hydrogens is 374 g/mol. The van der Waals surface area contributed by atoms with Crippen LogP contribution in [0.2, 0.25) is 0 Å². The molecule has 7 nitrogen and oxygen atoms in total. The Morgan fingerprint density at radius 3 is 2.45 bits per heavy atom. The van der Waals surface area contributed by atoms with E-state index in [1.54, 1.807) is 26.8 Å². The molecule has 0 saturated heterocycles. The second-order valence-corrected chi connectivity index (χ2v) is 6.83. The molecule has 0 spiro atoms. The van der Waals surface area contributed by atoms with E-state index in [1.165, 1.54) is 14.0 Å². The molecule has 1 aromatic heterocycles. The third kappa shape index (κ3) is 5.04.